The lowest BCUT2D eigenvalue weighted by Gasteiger charge is -2.22. The van der Waals surface area contributed by atoms with Gasteiger partial charge in [-0.25, -0.2) is 0 Å². The zero-order valence-electron chi connectivity index (χ0n) is 14.1. The van der Waals surface area contributed by atoms with Crippen molar-refractivity contribution in [3.63, 3.8) is 0 Å². The lowest BCUT2D eigenvalue weighted by atomic mass is 9.99. The van der Waals surface area contributed by atoms with Gasteiger partial charge in [-0.05, 0) is 67.9 Å². The first-order chi connectivity index (χ1) is 11.9. The lowest BCUT2D eigenvalue weighted by molar-refractivity contribution is 0.201. The van der Waals surface area contributed by atoms with Crippen LogP contribution in [0.4, 0.5) is 0 Å². The Morgan fingerprint density at radius 2 is 1.75 bits per heavy atom. The average molecular weight is 330 g/mol. The molecule has 2 aromatic rings. The van der Waals surface area contributed by atoms with E-state index in [-0.39, 0.29) is 0 Å². The topological polar surface area (TPSA) is 56.5 Å². The number of nitrogens with zero attached hydrogens (tertiary/aromatic N) is 1. The Morgan fingerprint density at radius 1 is 1.00 bits per heavy atom. The quantitative estimate of drug-likeness (QED) is 0.873. The van der Waals surface area contributed by atoms with Gasteiger partial charge in [0.05, 0.1) is 13.2 Å². The molecule has 0 spiro atoms. The molecule has 1 N–H and O–H groups in total. The second kappa shape index (κ2) is 7.43. The highest BCUT2D eigenvalue weighted by atomic mass is 16.5. The molecule has 0 atom stereocenters. The average Bonchev–Trinajstić information content (AvgIpc) is 3.29. The first kappa shape index (κ1) is 15.8. The fourth-order valence-corrected chi connectivity index (χ4v) is 3.78. The van der Waals surface area contributed by atoms with Crippen LogP contribution in [0.3, 0.4) is 0 Å². The van der Waals surface area contributed by atoms with Gasteiger partial charge in [0.1, 0.15) is 11.1 Å². The van der Waals surface area contributed by atoms with Crippen molar-refractivity contribution < 1.29 is 14.0 Å². The van der Waals surface area contributed by atoms with Crippen LogP contribution < -0.4 is 14.8 Å². The highest BCUT2D eigenvalue weighted by Gasteiger charge is 2.20. The van der Waals surface area contributed by atoms with E-state index in [0.29, 0.717) is 24.3 Å². The maximum atomic E-state index is 6.10. The molecule has 2 aliphatic rings. The van der Waals surface area contributed by atoms with Gasteiger partial charge in [-0.2, -0.15) is 0 Å². The number of hydrogen-bond acceptors (Lipinski definition) is 5. The Hall–Kier alpha value is -1.75. The molecule has 5 nitrogen and oxygen atoms in total. The summed E-state index contributed by atoms with van der Waals surface area (Å²) in [7, 11) is 0. The fraction of sp³-hybridized carbons (Fsp3) is 0.632. The van der Waals surface area contributed by atoms with Gasteiger partial charge in [0, 0.05) is 0 Å². The van der Waals surface area contributed by atoms with Crippen LogP contribution in [0, 0.1) is 11.8 Å². The summed E-state index contributed by atoms with van der Waals surface area (Å²) in [6, 6.07) is 5.86. The molecule has 0 bridgehead atoms. The van der Waals surface area contributed by atoms with Gasteiger partial charge >= 0.3 is 0 Å². The van der Waals surface area contributed by atoms with E-state index in [1.54, 1.807) is 0 Å². The Balaban J connectivity index is 1.46. The molecule has 2 heterocycles. The van der Waals surface area contributed by atoms with Crippen LogP contribution >= 0.6 is 0 Å². The minimum atomic E-state index is 0.575. The molecule has 0 amide bonds. The van der Waals surface area contributed by atoms with Crippen LogP contribution in [-0.4, -0.2) is 31.5 Å². The smallest absolute Gasteiger partial charge is 0.265 e. The third-order valence-electron chi connectivity index (χ3n) is 5.29. The first-order valence-electron chi connectivity index (χ1n) is 9.25. The standard InChI is InChI=1S/C19H26N2O3/c1-2-5-14(4-1)12-22-16-6-3-7-17-18(16)19(21-24-17)23-13-15-8-10-20-11-9-15/h3,6-7,14-15,20H,1-2,4-5,8-13H2. The van der Waals surface area contributed by atoms with Crippen LogP contribution in [0.2, 0.25) is 0 Å². The minimum absolute atomic E-state index is 0.575. The summed E-state index contributed by atoms with van der Waals surface area (Å²) in [4.78, 5) is 0. The number of hydrogen-bond donors (Lipinski definition) is 1. The second-order valence-corrected chi connectivity index (χ2v) is 7.08. The Bertz CT molecular complexity index is 658. The molecule has 130 valence electrons. The van der Waals surface area contributed by atoms with Crippen molar-refractivity contribution in [3.8, 4) is 11.6 Å². The van der Waals surface area contributed by atoms with E-state index in [2.05, 4.69) is 10.5 Å². The highest BCUT2D eigenvalue weighted by molar-refractivity contribution is 5.88. The summed E-state index contributed by atoms with van der Waals surface area (Å²) < 4.78 is 17.5. The number of fused-ring (bicyclic) bond motifs is 1. The molecule has 1 aliphatic carbocycles. The van der Waals surface area contributed by atoms with E-state index in [4.69, 9.17) is 14.0 Å². The zero-order valence-corrected chi connectivity index (χ0v) is 14.1. The van der Waals surface area contributed by atoms with Crippen LogP contribution in [0.25, 0.3) is 11.0 Å². The maximum absolute atomic E-state index is 6.10. The largest absolute Gasteiger partial charge is 0.492 e. The molecule has 5 heteroatoms. The summed E-state index contributed by atoms with van der Waals surface area (Å²) >= 11 is 0. The number of nitrogens with one attached hydrogen (secondary N) is 1. The zero-order chi connectivity index (χ0) is 16.2. The Kier molecular flexibility index (Phi) is 4.88. The summed E-state index contributed by atoms with van der Waals surface area (Å²) in [6.07, 6.45) is 7.52. The summed E-state index contributed by atoms with van der Waals surface area (Å²) in [6.45, 7) is 3.62. The van der Waals surface area contributed by atoms with Crippen LogP contribution in [-0.2, 0) is 0 Å². The van der Waals surface area contributed by atoms with Gasteiger partial charge in [0.25, 0.3) is 5.88 Å². The SMILES string of the molecule is c1cc(OCC2CCCC2)c2c(OCC3CCNCC3)noc2c1. The predicted molar refractivity (Wildman–Crippen MR) is 92.6 cm³/mol. The van der Waals surface area contributed by atoms with Gasteiger partial charge in [-0.15, -0.1) is 0 Å². The van der Waals surface area contributed by atoms with Crippen molar-refractivity contribution in [2.45, 2.75) is 38.5 Å². The second-order valence-electron chi connectivity index (χ2n) is 7.08. The van der Waals surface area contributed by atoms with Crippen molar-refractivity contribution in [1.29, 1.82) is 0 Å². The normalized spacial score (nSPS) is 19.8. The molecule has 0 radical (unpaired) electrons. The summed E-state index contributed by atoms with van der Waals surface area (Å²) in [5.41, 5.74) is 0.735. The lowest BCUT2D eigenvalue weighted by Crippen LogP contribution is -2.30. The molecule has 1 saturated heterocycles. The van der Waals surface area contributed by atoms with E-state index in [1.165, 1.54) is 25.7 Å². The molecule has 4 rings (SSSR count). The maximum Gasteiger partial charge on any atom is 0.265 e. The highest BCUT2D eigenvalue weighted by Crippen LogP contribution is 2.35. The van der Waals surface area contributed by atoms with Gasteiger partial charge in [0.15, 0.2) is 5.58 Å². The van der Waals surface area contributed by atoms with Gasteiger partial charge < -0.3 is 19.3 Å². The first-order valence-corrected chi connectivity index (χ1v) is 9.25. The van der Waals surface area contributed by atoms with Gasteiger partial charge in [0.2, 0.25) is 0 Å². The predicted octanol–water partition coefficient (Wildman–Crippen LogP) is 3.78. The summed E-state index contributed by atoms with van der Waals surface area (Å²) in [5, 5.41) is 8.39. The van der Waals surface area contributed by atoms with Gasteiger partial charge in [-0.3, -0.25) is 0 Å². The number of benzene rings is 1. The van der Waals surface area contributed by atoms with E-state index in [9.17, 15) is 0 Å². The molecule has 0 unspecified atom stereocenters. The third kappa shape index (κ3) is 3.51. The van der Waals surface area contributed by atoms with Crippen molar-refractivity contribution in [1.82, 2.24) is 10.5 Å². The molecule has 24 heavy (non-hydrogen) atoms. The van der Waals surface area contributed by atoms with Crippen molar-refractivity contribution in [3.05, 3.63) is 18.2 Å². The summed E-state index contributed by atoms with van der Waals surface area (Å²) in [5.74, 6) is 2.68. The van der Waals surface area contributed by atoms with Gasteiger partial charge in [-0.1, -0.05) is 18.9 Å². The molecule has 1 saturated carbocycles. The van der Waals surface area contributed by atoms with E-state index >= 15 is 0 Å². The van der Waals surface area contributed by atoms with E-state index < -0.39 is 0 Å². The van der Waals surface area contributed by atoms with Crippen LogP contribution in [0.5, 0.6) is 11.6 Å². The van der Waals surface area contributed by atoms with E-state index in [0.717, 1.165) is 49.3 Å². The molecular weight excluding hydrogens is 304 g/mol. The third-order valence-corrected chi connectivity index (χ3v) is 5.29. The number of rotatable bonds is 6. The number of piperidine rings is 1. The van der Waals surface area contributed by atoms with Crippen molar-refractivity contribution in [2.75, 3.05) is 26.3 Å². The number of ether oxygens (including phenoxy) is 2. The Labute approximate surface area is 142 Å². The fourth-order valence-electron chi connectivity index (χ4n) is 3.78. The van der Waals surface area contributed by atoms with Crippen LogP contribution in [0.15, 0.2) is 22.7 Å². The Morgan fingerprint density at radius 3 is 2.58 bits per heavy atom. The molecular formula is C19H26N2O3. The number of aromatic nitrogens is 1. The molecule has 1 aromatic heterocycles. The molecule has 1 aliphatic heterocycles. The molecule has 1 aromatic carbocycles. The molecule has 2 fully saturated rings. The van der Waals surface area contributed by atoms with Crippen LogP contribution in [0.1, 0.15) is 38.5 Å². The minimum Gasteiger partial charge on any atom is -0.492 e. The monoisotopic (exact) mass is 330 g/mol. The van der Waals surface area contributed by atoms with Crippen molar-refractivity contribution >= 4 is 11.0 Å². The van der Waals surface area contributed by atoms with Crippen molar-refractivity contribution in [2.24, 2.45) is 11.8 Å². The van der Waals surface area contributed by atoms with E-state index in [1.807, 2.05) is 18.2 Å².